The van der Waals surface area contributed by atoms with Gasteiger partial charge in [0.25, 0.3) is 0 Å². The Morgan fingerprint density at radius 2 is 1.56 bits per heavy atom. The van der Waals surface area contributed by atoms with Gasteiger partial charge in [0, 0.05) is 0 Å². The molecule has 0 aliphatic rings. The summed E-state index contributed by atoms with van der Waals surface area (Å²) in [6, 6.07) is 0.562. The van der Waals surface area contributed by atoms with Crippen molar-refractivity contribution in [2.75, 3.05) is 20.2 Å². The smallest absolute Gasteiger partial charge is 0.416 e. The Kier molecular flexibility index (Phi) is 7.94. The molecule has 0 saturated carbocycles. The fourth-order valence-electron chi connectivity index (χ4n) is 2.30. The maximum atomic E-state index is 12.8. The number of benzene rings is 1. The Labute approximate surface area is 153 Å². The number of halogens is 6. The molecule has 0 aromatic heterocycles. The van der Waals surface area contributed by atoms with Gasteiger partial charge in [-0.2, -0.15) is 26.3 Å². The van der Waals surface area contributed by atoms with Gasteiger partial charge in [-0.1, -0.05) is 13.8 Å². The molecule has 1 amide bonds. The normalized spacial score (nSPS) is 13.6. The quantitative estimate of drug-likeness (QED) is 0.515. The second-order valence-electron chi connectivity index (χ2n) is 6.35. The molecule has 1 atom stereocenters. The van der Waals surface area contributed by atoms with E-state index < -0.39 is 35.3 Å². The number of likely N-dealkylation sites (N-methyl/N-ethyl adjacent to an activating group) is 1. The second-order valence-corrected chi connectivity index (χ2v) is 6.35. The number of nitrogens with one attached hydrogen (secondary N) is 2. The van der Waals surface area contributed by atoms with E-state index in [-0.39, 0.29) is 31.0 Å². The summed E-state index contributed by atoms with van der Waals surface area (Å²) in [7, 11) is 1.62. The molecule has 4 nitrogen and oxygen atoms in total. The first kappa shape index (κ1) is 23.1. The van der Waals surface area contributed by atoms with Crippen molar-refractivity contribution in [1.29, 1.82) is 0 Å². The summed E-state index contributed by atoms with van der Waals surface area (Å²) in [6.07, 6.45) is -9.30. The molecule has 0 fully saturated rings. The minimum atomic E-state index is -4.94. The number of carbonyl (C=O) groups is 1. The first-order valence-electron chi connectivity index (χ1n) is 8.21. The highest BCUT2D eigenvalue weighted by atomic mass is 19.4. The predicted octanol–water partition coefficient (Wildman–Crippen LogP) is 3.85. The van der Waals surface area contributed by atoms with Crippen LogP contribution in [0.1, 0.15) is 31.4 Å². The lowest BCUT2D eigenvalue weighted by molar-refractivity contribution is -0.143. The van der Waals surface area contributed by atoms with Crippen molar-refractivity contribution >= 4 is 5.91 Å². The van der Waals surface area contributed by atoms with E-state index in [1.807, 2.05) is 13.8 Å². The Balaban J connectivity index is 2.73. The van der Waals surface area contributed by atoms with Crippen LogP contribution in [0.2, 0.25) is 0 Å². The zero-order chi connectivity index (χ0) is 20.8. The third-order valence-electron chi connectivity index (χ3n) is 3.60. The summed E-state index contributed by atoms with van der Waals surface area (Å²) in [5.74, 6) is -0.635. The lowest BCUT2D eigenvalue weighted by Crippen LogP contribution is -2.44. The van der Waals surface area contributed by atoms with E-state index >= 15 is 0 Å². The van der Waals surface area contributed by atoms with Crippen molar-refractivity contribution < 1.29 is 35.9 Å². The molecular weight excluding hydrogens is 378 g/mol. The molecule has 1 aromatic rings. The molecule has 154 valence electrons. The van der Waals surface area contributed by atoms with Crippen LogP contribution in [-0.2, 0) is 17.1 Å². The molecule has 0 spiro atoms. The maximum absolute atomic E-state index is 12.8. The third kappa shape index (κ3) is 7.66. The highest BCUT2D eigenvalue weighted by Crippen LogP contribution is 2.38. The second kappa shape index (κ2) is 9.29. The van der Waals surface area contributed by atoms with Crippen LogP contribution in [-0.4, -0.2) is 32.1 Å². The van der Waals surface area contributed by atoms with Crippen molar-refractivity contribution in [1.82, 2.24) is 10.6 Å². The predicted molar refractivity (Wildman–Crippen MR) is 87.3 cm³/mol. The van der Waals surface area contributed by atoms with E-state index in [1.165, 1.54) is 0 Å². The lowest BCUT2D eigenvalue weighted by Gasteiger charge is -2.18. The van der Waals surface area contributed by atoms with Gasteiger partial charge in [-0.25, -0.2) is 0 Å². The van der Waals surface area contributed by atoms with Crippen LogP contribution < -0.4 is 15.4 Å². The largest absolute Gasteiger partial charge is 0.492 e. The lowest BCUT2D eigenvalue weighted by atomic mass is 10.0. The molecule has 0 radical (unpaired) electrons. The van der Waals surface area contributed by atoms with Crippen molar-refractivity contribution in [3.8, 4) is 5.75 Å². The van der Waals surface area contributed by atoms with Crippen molar-refractivity contribution in [3.05, 3.63) is 29.3 Å². The molecule has 0 unspecified atom stereocenters. The number of alkyl halides is 6. The number of hydrogen-bond acceptors (Lipinski definition) is 3. The summed E-state index contributed by atoms with van der Waals surface area (Å²) in [5.41, 5.74) is -2.91. The van der Waals surface area contributed by atoms with Gasteiger partial charge in [0.1, 0.15) is 12.4 Å². The fraction of sp³-hybridized carbons (Fsp3) is 0.588. The standard InChI is InChI=1S/C17H22F6N2O2/c1-10(2)6-14(24-3)15(26)25-4-5-27-13-8-11(16(18,19)20)7-12(9-13)17(21,22)23/h7-10,14,24H,4-6H2,1-3H3,(H,25,26)/t14-/m1/s1. The van der Waals surface area contributed by atoms with Gasteiger partial charge in [0.15, 0.2) is 0 Å². The van der Waals surface area contributed by atoms with E-state index in [9.17, 15) is 31.1 Å². The van der Waals surface area contributed by atoms with Gasteiger partial charge in [0.2, 0.25) is 5.91 Å². The van der Waals surface area contributed by atoms with E-state index in [2.05, 4.69) is 10.6 Å². The highest BCUT2D eigenvalue weighted by molar-refractivity contribution is 5.81. The SMILES string of the molecule is CN[C@H](CC(C)C)C(=O)NCCOc1cc(C(F)(F)F)cc(C(F)(F)F)c1. The first-order chi connectivity index (χ1) is 12.3. The minimum Gasteiger partial charge on any atom is -0.492 e. The Morgan fingerprint density at radius 1 is 1.04 bits per heavy atom. The minimum absolute atomic E-state index is 0.0259. The fourth-order valence-corrected chi connectivity index (χ4v) is 2.30. The van der Waals surface area contributed by atoms with E-state index in [0.717, 1.165) is 0 Å². The van der Waals surface area contributed by atoms with Gasteiger partial charge in [-0.3, -0.25) is 4.79 Å². The molecule has 27 heavy (non-hydrogen) atoms. The van der Waals surface area contributed by atoms with Crippen LogP contribution in [0.5, 0.6) is 5.75 Å². The summed E-state index contributed by atoms with van der Waals surface area (Å²) in [5, 5.41) is 5.37. The van der Waals surface area contributed by atoms with E-state index in [0.29, 0.717) is 18.6 Å². The first-order valence-corrected chi connectivity index (χ1v) is 8.21. The number of rotatable bonds is 8. The maximum Gasteiger partial charge on any atom is 0.416 e. The highest BCUT2D eigenvalue weighted by Gasteiger charge is 2.37. The number of hydrogen-bond donors (Lipinski definition) is 2. The van der Waals surface area contributed by atoms with Crippen LogP contribution in [0.15, 0.2) is 18.2 Å². The average molecular weight is 400 g/mol. The van der Waals surface area contributed by atoms with Crippen molar-refractivity contribution in [3.63, 3.8) is 0 Å². The zero-order valence-corrected chi connectivity index (χ0v) is 15.1. The summed E-state index contributed by atoms with van der Waals surface area (Å²) >= 11 is 0. The molecule has 0 saturated heterocycles. The van der Waals surface area contributed by atoms with Gasteiger partial charge in [-0.05, 0) is 37.6 Å². The van der Waals surface area contributed by atoms with Gasteiger partial charge in [-0.15, -0.1) is 0 Å². The molecule has 1 rings (SSSR count). The van der Waals surface area contributed by atoms with Gasteiger partial charge in [0.05, 0.1) is 23.7 Å². The number of ether oxygens (including phenoxy) is 1. The van der Waals surface area contributed by atoms with E-state index in [4.69, 9.17) is 4.74 Å². The molecule has 10 heteroatoms. The van der Waals surface area contributed by atoms with Gasteiger partial charge < -0.3 is 15.4 Å². The summed E-state index contributed by atoms with van der Waals surface area (Å²) < 4.78 is 81.6. The average Bonchev–Trinajstić information content (AvgIpc) is 2.54. The molecule has 0 bridgehead atoms. The molecule has 2 N–H and O–H groups in total. The molecule has 0 aliphatic heterocycles. The third-order valence-corrected chi connectivity index (χ3v) is 3.60. The van der Waals surface area contributed by atoms with Crippen LogP contribution in [0.25, 0.3) is 0 Å². The Bertz CT molecular complexity index is 597. The molecule has 0 aliphatic carbocycles. The van der Waals surface area contributed by atoms with E-state index in [1.54, 1.807) is 7.05 Å². The topological polar surface area (TPSA) is 50.4 Å². The van der Waals surface area contributed by atoms with Crippen LogP contribution in [0, 0.1) is 5.92 Å². The zero-order valence-electron chi connectivity index (χ0n) is 15.1. The Morgan fingerprint density at radius 3 is 1.96 bits per heavy atom. The van der Waals surface area contributed by atoms with Crippen molar-refractivity contribution in [2.45, 2.75) is 38.7 Å². The Hall–Kier alpha value is -1.97. The molecule has 1 aromatic carbocycles. The van der Waals surface area contributed by atoms with Crippen LogP contribution >= 0.6 is 0 Å². The van der Waals surface area contributed by atoms with Crippen LogP contribution in [0.4, 0.5) is 26.3 Å². The summed E-state index contributed by atoms with van der Waals surface area (Å²) in [6.45, 7) is 3.54. The monoisotopic (exact) mass is 400 g/mol. The summed E-state index contributed by atoms with van der Waals surface area (Å²) in [4.78, 5) is 12.0. The van der Waals surface area contributed by atoms with Crippen LogP contribution in [0.3, 0.4) is 0 Å². The molecule has 0 heterocycles. The number of amides is 1. The molecular formula is C17H22F6N2O2. The number of carbonyl (C=O) groups excluding carboxylic acids is 1. The van der Waals surface area contributed by atoms with Crippen molar-refractivity contribution in [2.24, 2.45) is 5.92 Å². The van der Waals surface area contributed by atoms with Gasteiger partial charge >= 0.3 is 12.4 Å².